The van der Waals surface area contributed by atoms with Crippen LogP contribution in [0.4, 0.5) is 0 Å². The smallest absolute Gasteiger partial charge is 0.292 e. The fraction of sp³-hybridized carbons (Fsp3) is 0.250. The van der Waals surface area contributed by atoms with Crippen LogP contribution in [-0.4, -0.2) is 27.8 Å². The lowest BCUT2D eigenvalue weighted by Crippen LogP contribution is -2.31. The SMILES string of the molecule is Cc1[nH]c2ccccc2c1C(=O)C(=O)NCc1cccnc1OC(C)C. The number of para-hydroxylation sites is 1. The first-order valence-corrected chi connectivity index (χ1v) is 8.47. The van der Waals surface area contributed by atoms with Crippen LogP contribution in [0.5, 0.6) is 5.88 Å². The minimum absolute atomic E-state index is 0.0325. The highest BCUT2D eigenvalue weighted by Gasteiger charge is 2.22. The highest BCUT2D eigenvalue weighted by Crippen LogP contribution is 2.22. The van der Waals surface area contributed by atoms with Gasteiger partial charge in [-0.2, -0.15) is 0 Å². The van der Waals surface area contributed by atoms with E-state index in [0.717, 1.165) is 16.5 Å². The third kappa shape index (κ3) is 3.59. The lowest BCUT2D eigenvalue weighted by atomic mass is 10.1. The van der Waals surface area contributed by atoms with Crippen molar-refractivity contribution < 1.29 is 14.3 Å². The van der Waals surface area contributed by atoms with Crippen LogP contribution in [-0.2, 0) is 11.3 Å². The number of fused-ring (bicyclic) bond motifs is 1. The third-order valence-corrected chi connectivity index (χ3v) is 3.96. The number of nitrogens with zero attached hydrogens (tertiary/aromatic N) is 1. The molecule has 0 aliphatic rings. The van der Waals surface area contributed by atoms with Crippen LogP contribution in [0, 0.1) is 6.92 Å². The van der Waals surface area contributed by atoms with E-state index in [1.54, 1.807) is 19.2 Å². The summed E-state index contributed by atoms with van der Waals surface area (Å²) in [7, 11) is 0. The largest absolute Gasteiger partial charge is 0.475 e. The Morgan fingerprint density at radius 3 is 2.73 bits per heavy atom. The van der Waals surface area contributed by atoms with Gasteiger partial charge in [-0.15, -0.1) is 0 Å². The molecule has 0 saturated heterocycles. The van der Waals surface area contributed by atoms with Gasteiger partial charge in [-0.25, -0.2) is 4.98 Å². The van der Waals surface area contributed by atoms with Gasteiger partial charge in [0.25, 0.3) is 11.7 Å². The number of hydrogen-bond acceptors (Lipinski definition) is 4. The number of rotatable bonds is 6. The molecular weight excluding hydrogens is 330 g/mol. The average Bonchev–Trinajstić information content (AvgIpc) is 2.95. The van der Waals surface area contributed by atoms with Gasteiger partial charge in [0.05, 0.1) is 11.7 Å². The molecular formula is C20H21N3O3. The van der Waals surface area contributed by atoms with Crippen LogP contribution in [0.2, 0.25) is 0 Å². The maximum Gasteiger partial charge on any atom is 0.292 e. The van der Waals surface area contributed by atoms with Crippen molar-refractivity contribution in [2.45, 2.75) is 33.4 Å². The van der Waals surface area contributed by atoms with Gasteiger partial charge in [0.1, 0.15) is 0 Å². The second kappa shape index (κ2) is 7.39. The van der Waals surface area contributed by atoms with Crippen molar-refractivity contribution in [2.75, 3.05) is 0 Å². The zero-order chi connectivity index (χ0) is 18.7. The van der Waals surface area contributed by atoms with Crippen molar-refractivity contribution in [1.29, 1.82) is 0 Å². The molecule has 1 amide bonds. The quantitative estimate of drug-likeness (QED) is 0.528. The standard InChI is InChI=1S/C20H21N3O3/c1-12(2)26-20-14(7-6-10-21-20)11-22-19(25)18(24)17-13(3)23-16-9-5-4-8-15(16)17/h4-10,12,23H,11H2,1-3H3,(H,22,25). The van der Waals surface area contributed by atoms with E-state index in [1.165, 1.54) is 0 Å². The normalized spacial score (nSPS) is 10.9. The second-order valence-electron chi connectivity index (χ2n) is 6.32. The minimum atomic E-state index is -0.655. The number of hydrogen-bond donors (Lipinski definition) is 2. The van der Waals surface area contributed by atoms with Crippen LogP contribution in [0.3, 0.4) is 0 Å². The number of benzene rings is 1. The molecule has 0 atom stereocenters. The Labute approximate surface area is 151 Å². The van der Waals surface area contributed by atoms with Gasteiger partial charge in [-0.3, -0.25) is 9.59 Å². The highest BCUT2D eigenvalue weighted by atomic mass is 16.5. The van der Waals surface area contributed by atoms with Gasteiger partial charge in [0.15, 0.2) is 0 Å². The molecule has 0 saturated carbocycles. The van der Waals surface area contributed by atoms with Crippen molar-refractivity contribution in [1.82, 2.24) is 15.3 Å². The lowest BCUT2D eigenvalue weighted by molar-refractivity contribution is -0.117. The minimum Gasteiger partial charge on any atom is -0.475 e. The molecule has 0 fully saturated rings. The van der Waals surface area contributed by atoms with E-state index < -0.39 is 11.7 Å². The van der Waals surface area contributed by atoms with Crippen molar-refractivity contribution in [3.63, 3.8) is 0 Å². The number of amides is 1. The van der Waals surface area contributed by atoms with E-state index in [2.05, 4.69) is 15.3 Å². The maximum absolute atomic E-state index is 12.6. The molecule has 2 N–H and O–H groups in total. The number of pyridine rings is 1. The van der Waals surface area contributed by atoms with E-state index in [9.17, 15) is 9.59 Å². The Morgan fingerprint density at radius 2 is 1.96 bits per heavy atom. The number of aryl methyl sites for hydroxylation is 1. The molecule has 3 rings (SSSR count). The molecule has 0 aliphatic carbocycles. The van der Waals surface area contributed by atoms with E-state index >= 15 is 0 Å². The van der Waals surface area contributed by atoms with Crippen LogP contribution < -0.4 is 10.1 Å². The Bertz CT molecular complexity index is 960. The van der Waals surface area contributed by atoms with Gasteiger partial charge < -0.3 is 15.0 Å². The van der Waals surface area contributed by atoms with Gasteiger partial charge in [0.2, 0.25) is 5.88 Å². The number of aromatic nitrogens is 2. The number of carbonyl (C=O) groups excluding carboxylic acids is 2. The van der Waals surface area contributed by atoms with E-state index in [1.807, 2.05) is 44.2 Å². The van der Waals surface area contributed by atoms with Crippen LogP contribution >= 0.6 is 0 Å². The molecule has 0 spiro atoms. The Kier molecular flexibility index (Phi) is 5.02. The highest BCUT2D eigenvalue weighted by molar-refractivity contribution is 6.45. The van der Waals surface area contributed by atoms with Gasteiger partial charge >= 0.3 is 0 Å². The van der Waals surface area contributed by atoms with Crippen molar-refractivity contribution in [2.24, 2.45) is 0 Å². The molecule has 6 heteroatoms. The first kappa shape index (κ1) is 17.7. The number of ketones is 1. The Morgan fingerprint density at radius 1 is 1.19 bits per heavy atom. The summed E-state index contributed by atoms with van der Waals surface area (Å²) < 4.78 is 5.63. The Balaban J connectivity index is 1.76. The lowest BCUT2D eigenvalue weighted by Gasteiger charge is -2.13. The topological polar surface area (TPSA) is 84.1 Å². The van der Waals surface area contributed by atoms with E-state index in [4.69, 9.17) is 4.74 Å². The molecule has 6 nitrogen and oxygen atoms in total. The summed E-state index contributed by atoms with van der Waals surface area (Å²) in [4.78, 5) is 32.4. The molecule has 2 aromatic heterocycles. The van der Waals surface area contributed by atoms with Gasteiger partial charge in [-0.05, 0) is 32.9 Å². The molecule has 134 valence electrons. The number of aromatic amines is 1. The molecule has 1 aromatic carbocycles. The first-order chi connectivity index (χ1) is 12.5. The number of Topliss-reactive ketones (excluding diaryl/α,β-unsaturated/α-hetero) is 1. The predicted octanol–water partition coefficient (Wildman–Crippen LogP) is 3.16. The van der Waals surface area contributed by atoms with Gasteiger partial charge in [-0.1, -0.05) is 24.3 Å². The monoisotopic (exact) mass is 351 g/mol. The maximum atomic E-state index is 12.6. The molecule has 0 aliphatic heterocycles. The second-order valence-corrected chi connectivity index (χ2v) is 6.32. The van der Waals surface area contributed by atoms with Gasteiger partial charge in [0, 0.05) is 34.9 Å². The molecule has 26 heavy (non-hydrogen) atoms. The predicted molar refractivity (Wildman–Crippen MR) is 99.2 cm³/mol. The summed E-state index contributed by atoms with van der Waals surface area (Å²) >= 11 is 0. The van der Waals surface area contributed by atoms with Crippen molar-refractivity contribution in [3.8, 4) is 5.88 Å². The summed E-state index contributed by atoms with van der Waals surface area (Å²) in [5, 5.41) is 3.42. The van der Waals surface area contributed by atoms with Crippen molar-refractivity contribution in [3.05, 3.63) is 59.4 Å². The van der Waals surface area contributed by atoms with E-state index in [0.29, 0.717) is 17.1 Å². The zero-order valence-corrected chi connectivity index (χ0v) is 15.0. The fourth-order valence-electron chi connectivity index (χ4n) is 2.83. The number of nitrogens with one attached hydrogen (secondary N) is 2. The van der Waals surface area contributed by atoms with Crippen LogP contribution in [0.25, 0.3) is 10.9 Å². The summed E-state index contributed by atoms with van der Waals surface area (Å²) in [6.45, 7) is 5.76. The Hall–Kier alpha value is -3.15. The number of ether oxygens (including phenoxy) is 1. The summed E-state index contributed by atoms with van der Waals surface area (Å²) in [6.07, 6.45) is 1.60. The molecule has 0 unspecified atom stereocenters. The van der Waals surface area contributed by atoms with Crippen molar-refractivity contribution >= 4 is 22.6 Å². The first-order valence-electron chi connectivity index (χ1n) is 8.47. The fourth-order valence-corrected chi connectivity index (χ4v) is 2.83. The molecule has 0 bridgehead atoms. The van der Waals surface area contributed by atoms with Crippen LogP contribution in [0.1, 0.15) is 35.5 Å². The summed E-state index contributed by atoms with van der Waals surface area (Å²) in [5.74, 6) is -0.758. The molecule has 0 radical (unpaired) electrons. The molecule has 2 heterocycles. The summed E-state index contributed by atoms with van der Waals surface area (Å²) in [6, 6.07) is 11.0. The average molecular weight is 351 g/mol. The number of H-pyrrole nitrogens is 1. The van der Waals surface area contributed by atoms with Crippen LogP contribution in [0.15, 0.2) is 42.6 Å². The summed E-state index contributed by atoms with van der Waals surface area (Å²) in [5.41, 5.74) is 2.64. The molecule has 3 aromatic rings. The number of carbonyl (C=O) groups is 2. The van der Waals surface area contributed by atoms with E-state index in [-0.39, 0.29) is 12.6 Å². The third-order valence-electron chi connectivity index (χ3n) is 3.96. The zero-order valence-electron chi connectivity index (χ0n) is 15.0.